The summed E-state index contributed by atoms with van der Waals surface area (Å²) in [6.07, 6.45) is 0. The lowest BCUT2D eigenvalue weighted by atomic mass is 10.5. The van der Waals surface area contributed by atoms with Crippen LogP contribution in [0.2, 0.25) is 0 Å². The molecule has 0 heterocycles. The zero-order valence-electron chi connectivity index (χ0n) is 4.23. The maximum atomic E-state index is 5.16. The van der Waals surface area contributed by atoms with Crippen molar-refractivity contribution in [1.29, 1.82) is 0 Å². The Kier molecular flexibility index (Phi) is 2.01. The quantitative estimate of drug-likeness (QED) is 0.241. The lowest BCUT2D eigenvalue weighted by Gasteiger charge is -1.98. The van der Waals surface area contributed by atoms with E-state index in [2.05, 4.69) is 5.43 Å². The van der Waals surface area contributed by atoms with Gasteiger partial charge in [0, 0.05) is 5.70 Å². The Morgan fingerprint density at radius 3 is 1.86 bits per heavy atom. The lowest BCUT2D eigenvalue weighted by molar-refractivity contribution is 0.844. The summed E-state index contributed by atoms with van der Waals surface area (Å²) in [4.78, 5) is 0. The first-order valence-corrected chi connectivity index (χ1v) is 1.87. The van der Waals surface area contributed by atoms with Crippen molar-refractivity contribution in [3.63, 3.8) is 0 Å². The number of rotatable bonds is 1. The van der Waals surface area contributed by atoms with Crippen LogP contribution in [0.1, 0.15) is 6.92 Å². The maximum Gasteiger partial charge on any atom is 0.129 e. The molecule has 0 amide bonds. The van der Waals surface area contributed by atoms with Crippen LogP contribution >= 0.6 is 0 Å². The molecule has 7 heavy (non-hydrogen) atoms. The summed E-state index contributed by atoms with van der Waals surface area (Å²) in [6, 6.07) is 0. The van der Waals surface area contributed by atoms with E-state index in [4.69, 9.17) is 17.3 Å². The Morgan fingerprint density at radius 1 is 1.43 bits per heavy atom. The number of hydrazine groups is 1. The fourth-order valence-corrected chi connectivity index (χ4v) is 0.114. The summed E-state index contributed by atoms with van der Waals surface area (Å²) in [7, 11) is 0. The van der Waals surface area contributed by atoms with E-state index >= 15 is 0 Å². The minimum absolute atomic E-state index is 0.319. The summed E-state index contributed by atoms with van der Waals surface area (Å²) in [5.41, 5.74) is 13.0. The zero-order chi connectivity index (χ0) is 5.86. The number of allylic oxidation sites excluding steroid dienone is 1. The molecular formula is C3H10N4. The maximum absolute atomic E-state index is 5.16. The predicted molar refractivity (Wildman–Crippen MR) is 28.4 cm³/mol. The van der Waals surface area contributed by atoms with Gasteiger partial charge in [-0.2, -0.15) is 0 Å². The molecule has 0 atom stereocenters. The van der Waals surface area contributed by atoms with E-state index in [1.54, 1.807) is 6.92 Å². The van der Waals surface area contributed by atoms with Crippen molar-refractivity contribution in [2.75, 3.05) is 0 Å². The van der Waals surface area contributed by atoms with Crippen molar-refractivity contribution in [2.45, 2.75) is 6.92 Å². The van der Waals surface area contributed by atoms with Gasteiger partial charge in [0.1, 0.15) is 5.82 Å². The van der Waals surface area contributed by atoms with Crippen LogP contribution in [-0.4, -0.2) is 0 Å². The number of nitrogens with two attached hydrogens (primary N) is 3. The molecule has 42 valence electrons. The Bertz CT molecular complexity index is 80.9. The van der Waals surface area contributed by atoms with Gasteiger partial charge in [-0.1, -0.05) is 0 Å². The smallest absolute Gasteiger partial charge is 0.129 e. The van der Waals surface area contributed by atoms with Crippen LogP contribution in [0.4, 0.5) is 0 Å². The predicted octanol–water partition coefficient (Wildman–Crippen LogP) is -1.44. The highest BCUT2D eigenvalue weighted by molar-refractivity contribution is 4.99. The Balaban J connectivity index is 3.72. The largest absolute Gasteiger partial charge is 0.399 e. The van der Waals surface area contributed by atoms with Gasteiger partial charge in [-0.05, 0) is 6.92 Å². The van der Waals surface area contributed by atoms with E-state index in [9.17, 15) is 0 Å². The third-order valence-electron chi connectivity index (χ3n) is 0.580. The van der Waals surface area contributed by atoms with Crippen LogP contribution in [0.25, 0.3) is 0 Å². The monoisotopic (exact) mass is 102 g/mol. The van der Waals surface area contributed by atoms with Crippen LogP contribution in [0, 0.1) is 0 Å². The molecule has 0 rings (SSSR count). The highest BCUT2D eigenvalue weighted by atomic mass is 15.3. The average molecular weight is 102 g/mol. The SMILES string of the molecule is C/C(N)=C(/N)NN. The molecule has 4 nitrogen and oxygen atoms in total. The molecule has 0 aliphatic heterocycles. The standard InChI is InChI=1S/C3H10N4/c1-2(4)3(5)7-6/h7H,4-6H2,1H3/b3-2+. The van der Waals surface area contributed by atoms with E-state index in [1.807, 2.05) is 0 Å². The molecule has 0 spiro atoms. The van der Waals surface area contributed by atoms with Gasteiger partial charge in [0.05, 0.1) is 0 Å². The minimum atomic E-state index is 0.319. The molecule has 0 radical (unpaired) electrons. The minimum Gasteiger partial charge on any atom is -0.399 e. The first-order valence-electron chi connectivity index (χ1n) is 1.87. The summed E-state index contributed by atoms with van der Waals surface area (Å²) in [6.45, 7) is 1.66. The van der Waals surface area contributed by atoms with Gasteiger partial charge < -0.3 is 16.9 Å². The Labute approximate surface area is 42.3 Å². The molecule has 0 saturated heterocycles. The Hall–Kier alpha value is -0.900. The molecule has 0 aromatic rings. The third-order valence-corrected chi connectivity index (χ3v) is 0.580. The van der Waals surface area contributed by atoms with Crippen molar-refractivity contribution in [3.8, 4) is 0 Å². The highest BCUT2D eigenvalue weighted by Crippen LogP contribution is 1.77. The van der Waals surface area contributed by atoms with E-state index in [1.165, 1.54) is 0 Å². The molecule has 0 bridgehead atoms. The van der Waals surface area contributed by atoms with Gasteiger partial charge in [-0.3, -0.25) is 0 Å². The topological polar surface area (TPSA) is 90.1 Å². The molecule has 0 aliphatic rings. The van der Waals surface area contributed by atoms with Gasteiger partial charge in [0.25, 0.3) is 0 Å². The van der Waals surface area contributed by atoms with Gasteiger partial charge in [0.15, 0.2) is 0 Å². The first-order chi connectivity index (χ1) is 3.18. The van der Waals surface area contributed by atoms with E-state index < -0.39 is 0 Å². The highest BCUT2D eigenvalue weighted by Gasteiger charge is 1.83. The van der Waals surface area contributed by atoms with E-state index in [0.29, 0.717) is 11.5 Å². The number of hydrogen-bond acceptors (Lipinski definition) is 4. The van der Waals surface area contributed by atoms with Crippen molar-refractivity contribution < 1.29 is 0 Å². The van der Waals surface area contributed by atoms with Crippen LogP contribution in [0.15, 0.2) is 11.5 Å². The first kappa shape index (κ1) is 6.10. The third kappa shape index (κ3) is 1.88. The fourth-order valence-electron chi connectivity index (χ4n) is 0.114. The van der Waals surface area contributed by atoms with Crippen molar-refractivity contribution in [2.24, 2.45) is 17.3 Å². The molecular weight excluding hydrogens is 92.1 g/mol. The van der Waals surface area contributed by atoms with Crippen molar-refractivity contribution in [1.82, 2.24) is 5.43 Å². The van der Waals surface area contributed by atoms with Crippen molar-refractivity contribution in [3.05, 3.63) is 11.5 Å². The molecule has 4 heteroatoms. The number of hydrogen-bond donors (Lipinski definition) is 4. The Morgan fingerprint density at radius 2 is 1.86 bits per heavy atom. The summed E-state index contributed by atoms with van der Waals surface area (Å²) >= 11 is 0. The summed E-state index contributed by atoms with van der Waals surface area (Å²) in [5, 5.41) is 0. The normalized spacial score (nSPS) is 12.9. The van der Waals surface area contributed by atoms with Gasteiger partial charge in [0.2, 0.25) is 0 Å². The molecule has 0 unspecified atom stereocenters. The second kappa shape index (κ2) is 2.30. The summed E-state index contributed by atoms with van der Waals surface area (Å²) < 4.78 is 0. The van der Waals surface area contributed by atoms with Crippen LogP contribution in [0.5, 0.6) is 0 Å². The summed E-state index contributed by atoms with van der Waals surface area (Å²) in [5.74, 6) is 5.18. The second-order valence-electron chi connectivity index (χ2n) is 1.24. The number of nitrogens with one attached hydrogen (secondary N) is 1. The zero-order valence-corrected chi connectivity index (χ0v) is 4.23. The molecule has 0 fully saturated rings. The average Bonchev–Trinajstić information content (AvgIpc) is 1.65. The molecule has 0 aliphatic carbocycles. The van der Waals surface area contributed by atoms with Gasteiger partial charge >= 0.3 is 0 Å². The van der Waals surface area contributed by atoms with E-state index in [-0.39, 0.29) is 0 Å². The van der Waals surface area contributed by atoms with Gasteiger partial charge in [-0.15, -0.1) is 0 Å². The van der Waals surface area contributed by atoms with E-state index in [0.717, 1.165) is 0 Å². The molecule has 0 aromatic heterocycles. The molecule has 7 N–H and O–H groups in total. The second-order valence-corrected chi connectivity index (χ2v) is 1.24. The van der Waals surface area contributed by atoms with Crippen LogP contribution in [-0.2, 0) is 0 Å². The van der Waals surface area contributed by atoms with Gasteiger partial charge in [-0.25, -0.2) is 5.84 Å². The van der Waals surface area contributed by atoms with Crippen LogP contribution in [0.3, 0.4) is 0 Å². The fraction of sp³-hybridized carbons (Fsp3) is 0.333. The van der Waals surface area contributed by atoms with Crippen molar-refractivity contribution >= 4 is 0 Å². The lowest BCUT2D eigenvalue weighted by Crippen LogP contribution is -2.29. The molecule has 0 saturated carbocycles. The van der Waals surface area contributed by atoms with Crippen LogP contribution < -0.4 is 22.7 Å². The molecule has 0 aromatic carbocycles.